The number of para-hydroxylation sites is 2. The Balaban J connectivity index is 2.06. The Morgan fingerprint density at radius 3 is 2.70 bits per heavy atom. The summed E-state index contributed by atoms with van der Waals surface area (Å²) in [5.74, 6) is 0.573. The first kappa shape index (κ1) is 14.7. The second-order valence-corrected chi connectivity index (χ2v) is 5.07. The predicted molar refractivity (Wildman–Crippen MR) is 78.2 cm³/mol. The van der Waals surface area contributed by atoms with Crippen LogP contribution in [0.25, 0.3) is 0 Å². The molecule has 1 atom stereocenters. The Hall–Kier alpha value is -1.75. The number of rotatable bonds is 7. The molecule has 20 heavy (non-hydrogen) atoms. The molecule has 0 spiro atoms. The van der Waals surface area contributed by atoms with E-state index in [2.05, 4.69) is 5.32 Å². The molecule has 110 valence electrons. The summed E-state index contributed by atoms with van der Waals surface area (Å²) in [6.07, 6.45) is 2.26. The predicted octanol–water partition coefficient (Wildman–Crippen LogP) is 1.42. The number of anilines is 1. The summed E-state index contributed by atoms with van der Waals surface area (Å²) in [5, 5.41) is 3.32. The molecule has 0 aromatic heterocycles. The van der Waals surface area contributed by atoms with Gasteiger partial charge >= 0.3 is 5.97 Å². The molecule has 0 bridgehead atoms. The molecule has 1 unspecified atom stereocenters. The third-order valence-corrected chi connectivity index (χ3v) is 3.45. The van der Waals surface area contributed by atoms with Gasteiger partial charge in [0.05, 0.1) is 19.9 Å². The molecule has 1 N–H and O–H groups in total. The van der Waals surface area contributed by atoms with Crippen LogP contribution in [0.1, 0.15) is 12.8 Å². The van der Waals surface area contributed by atoms with Crippen molar-refractivity contribution >= 4 is 11.7 Å². The van der Waals surface area contributed by atoms with Crippen LogP contribution < -0.4 is 15.0 Å². The summed E-state index contributed by atoms with van der Waals surface area (Å²) in [5.41, 5.74) is 0.960. The lowest BCUT2D eigenvalue weighted by Gasteiger charge is -2.26. The van der Waals surface area contributed by atoms with Gasteiger partial charge in [-0.2, -0.15) is 0 Å². The van der Waals surface area contributed by atoms with Crippen LogP contribution in [-0.4, -0.2) is 45.9 Å². The lowest BCUT2D eigenvalue weighted by Crippen LogP contribution is -2.46. The molecule has 1 aromatic rings. The van der Waals surface area contributed by atoms with Crippen molar-refractivity contribution in [2.45, 2.75) is 24.9 Å². The zero-order chi connectivity index (χ0) is 14.5. The quantitative estimate of drug-likeness (QED) is 0.765. The van der Waals surface area contributed by atoms with Crippen LogP contribution in [0.5, 0.6) is 5.75 Å². The van der Waals surface area contributed by atoms with E-state index < -0.39 is 0 Å². The van der Waals surface area contributed by atoms with Gasteiger partial charge in [0.2, 0.25) is 0 Å². The normalized spacial score (nSPS) is 15.6. The summed E-state index contributed by atoms with van der Waals surface area (Å²) in [6, 6.07) is 7.90. The molecule has 1 fully saturated rings. The number of nitrogens with one attached hydrogen (secondary N) is 1. The van der Waals surface area contributed by atoms with Crippen LogP contribution >= 0.6 is 0 Å². The fourth-order valence-electron chi connectivity index (χ4n) is 2.19. The Morgan fingerprint density at radius 2 is 2.10 bits per heavy atom. The zero-order valence-electron chi connectivity index (χ0n) is 12.3. The Kier molecular flexibility index (Phi) is 4.84. The molecule has 0 heterocycles. The highest BCUT2D eigenvalue weighted by Gasteiger charge is 2.30. The van der Waals surface area contributed by atoms with Crippen LogP contribution in [0.4, 0.5) is 5.69 Å². The van der Waals surface area contributed by atoms with Crippen LogP contribution in [0.15, 0.2) is 24.3 Å². The molecule has 2 rings (SSSR count). The number of likely N-dealkylation sites (N-methyl/N-ethyl adjacent to an activating group) is 1. The molecule has 0 amide bonds. The molecule has 1 aromatic carbocycles. The van der Waals surface area contributed by atoms with Gasteiger partial charge in [0.25, 0.3) is 0 Å². The molecule has 0 radical (unpaired) electrons. The minimum atomic E-state index is -0.317. The topological polar surface area (TPSA) is 50.8 Å². The Labute approximate surface area is 119 Å². The minimum Gasteiger partial charge on any atom is -0.495 e. The summed E-state index contributed by atoms with van der Waals surface area (Å²) in [6.45, 7) is 0.545. The molecule has 1 saturated carbocycles. The van der Waals surface area contributed by atoms with Gasteiger partial charge < -0.3 is 19.7 Å². The van der Waals surface area contributed by atoms with Crippen LogP contribution in [0, 0.1) is 0 Å². The number of benzene rings is 1. The third-order valence-electron chi connectivity index (χ3n) is 3.45. The van der Waals surface area contributed by atoms with E-state index in [1.54, 1.807) is 7.11 Å². The molecule has 1 aliphatic rings. The summed E-state index contributed by atoms with van der Waals surface area (Å²) in [4.78, 5) is 13.9. The lowest BCUT2D eigenvalue weighted by atomic mass is 10.2. The summed E-state index contributed by atoms with van der Waals surface area (Å²) >= 11 is 0. The van der Waals surface area contributed by atoms with Crippen molar-refractivity contribution < 1.29 is 14.3 Å². The van der Waals surface area contributed by atoms with Crippen LogP contribution in [0.2, 0.25) is 0 Å². The maximum absolute atomic E-state index is 11.9. The zero-order valence-corrected chi connectivity index (χ0v) is 12.3. The molecule has 0 aliphatic heterocycles. The molecular formula is C15H22N2O3. The van der Waals surface area contributed by atoms with Crippen LogP contribution in [-0.2, 0) is 9.53 Å². The van der Waals surface area contributed by atoms with Gasteiger partial charge in [-0.05, 0) is 25.0 Å². The van der Waals surface area contributed by atoms with E-state index in [0.717, 1.165) is 24.3 Å². The van der Waals surface area contributed by atoms with Gasteiger partial charge in [0.1, 0.15) is 11.8 Å². The number of esters is 1. The van der Waals surface area contributed by atoms with E-state index in [-0.39, 0.29) is 12.0 Å². The van der Waals surface area contributed by atoms with Crippen molar-refractivity contribution in [3.05, 3.63) is 24.3 Å². The first-order valence-corrected chi connectivity index (χ1v) is 6.83. The average molecular weight is 278 g/mol. The largest absolute Gasteiger partial charge is 0.495 e. The fraction of sp³-hybridized carbons (Fsp3) is 0.533. The van der Waals surface area contributed by atoms with Crippen molar-refractivity contribution in [2.75, 3.05) is 32.7 Å². The van der Waals surface area contributed by atoms with E-state index >= 15 is 0 Å². The van der Waals surface area contributed by atoms with Crippen molar-refractivity contribution in [1.29, 1.82) is 0 Å². The molecule has 0 saturated heterocycles. The Morgan fingerprint density at radius 1 is 1.40 bits per heavy atom. The number of carbonyl (C=O) groups is 1. The molecule has 1 aliphatic carbocycles. The van der Waals surface area contributed by atoms with Gasteiger partial charge in [0, 0.05) is 19.6 Å². The number of carbonyl (C=O) groups excluding carboxylic acids is 1. The van der Waals surface area contributed by atoms with Gasteiger partial charge in [-0.3, -0.25) is 4.79 Å². The van der Waals surface area contributed by atoms with Gasteiger partial charge in [0.15, 0.2) is 0 Å². The first-order valence-electron chi connectivity index (χ1n) is 6.83. The van der Waals surface area contributed by atoms with E-state index in [1.165, 1.54) is 7.11 Å². The average Bonchev–Trinajstić information content (AvgIpc) is 3.29. The third kappa shape index (κ3) is 3.63. The second-order valence-electron chi connectivity index (χ2n) is 5.07. The minimum absolute atomic E-state index is 0.223. The fourth-order valence-corrected chi connectivity index (χ4v) is 2.19. The highest BCUT2D eigenvalue weighted by atomic mass is 16.5. The van der Waals surface area contributed by atoms with E-state index in [1.807, 2.05) is 36.2 Å². The number of nitrogens with zero attached hydrogens (tertiary/aromatic N) is 1. The van der Waals surface area contributed by atoms with Gasteiger partial charge in [-0.25, -0.2) is 0 Å². The lowest BCUT2D eigenvalue weighted by molar-refractivity contribution is -0.142. The number of hydrogen-bond donors (Lipinski definition) is 1. The molecule has 5 heteroatoms. The maximum atomic E-state index is 11.9. The monoisotopic (exact) mass is 278 g/mol. The molecular weight excluding hydrogens is 256 g/mol. The standard InChI is InChI=1S/C15H22N2O3/c1-17(13-6-4-5-7-14(13)19-2)10-12(15(18)20-3)16-11-8-9-11/h4-7,11-12,16H,8-10H2,1-3H3. The highest BCUT2D eigenvalue weighted by Crippen LogP contribution is 2.27. The van der Waals surface area contributed by atoms with Crippen molar-refractivity contribution in [1.82, 2.24) is 5.32 Å². The van der Waals surface area contributed by atoms with E-state index in [4.69, 9.17) is 9.47 Å². The number of methoxy groups -OCH3 is 2. The summed E-state index contributed by atoms with van der Waals surface area (Å²) in [7, 11) is 5.02. The van der Waals surface area contributed by atoms with E-state index in [9.17, 15) is 4.79 Å². The Bertz CT molecular complexity index is 460. The van der Waals surface area contributed by atoms with Gasteiger partial charge in [-0.1, -0.05) is 12.1 Å². The molecule has 5 nitrogen and oxygen atoms in total. The van der Waals surface area contributed by atoms with Crippen molar-refractivity contribution in [2.24, 2.45) is 0 Å². The van der Waals surface area contributed by atoms with E-state index in [0.29, 0.717) is 12.6 Å². The maximum Gasteiger partial charge on any atom is 0.324 e. The number of ether oxygens (including phenoxy) is 2. The first-order chi connectivity index (χ1) is 9.65. The smallest absolute Gasteiger partial charge is 0.324 e. The highest BCUT2D eigenvalue weighted by molar-refractivity contribution is 5.77. The van der Waals surface area contributed by atoms with Crippen molar-refractivity contribution in [3.8, 4) is 5.75 Å². The SMILES string of the molecule is COC(=O)C(CN(C)c1ccccc1OC)NC1CC1. The van der Waals surface area contributed by atoms with Crippen molar-refractivity contribution in [3.63, 3.8) is 0 Å². The number of hydrogen-bond acceptors (Lipinski definition) is 5. The summed E-state index contributed by atoms with van der Waals surface area (Å²) < 4.78 is 10.2. The van der Waals surface area contributed by atoms with Gasteiger partial charge in [-0.15, -0.1) is 0 Å². The second kappa shape index (κ2) is 6.61. The van der Waals surface area contributed by atoms with Crippen LogP contribution in [0.3, 0.4) is 0 Å².